The van der Waals surface area contributed by atoms with E-state index >= 15 is 0 Å². The fraction of sp³-hybridized carbons (Fsp3) is 0.294. The molecule has 0 radical (unpaired) electrons. The molecule has 0 bridgehead atoms. The Balaban J connectivity index is 1.93. The highest BCUT2D eigenvalue weighted by molar-refractivity contribution is 6.04. The number of anilines is 1. The number of hydrogen-bond acceptors (Lipinski definition) is 4. The lowest BCUT2D eigenvalue weighted by molar-refractivity contribution is 0.102. The molecule has 0 aliphatic carbocycles. The maximum absolute atomic E-state index is 12.5. The molecule has 1 amide bonds. The maximum Gasteiger partial charge on any atom is 0.257 e. The average Bonchev–Trinajstić information content (AvgIpc) is 3.02. The first kappa shape index (κ1) is 15.1. The maximum atomic E-state index is 12.5. The van der Waals surface area contributed by atoms with Crippen LogP contribution >= 0.6 is 0 Å². The van der Waals surface area contributed by atoms with Crippen LogP contribution in [0.5, 0.6) is 0 Å². The molecule has 0 fully saturated rings. The van der Waals surface area contributed by atoms with Crippen LogP contribution in [0.4, 0.5) is 5.82 Å². The molecule has 2 heterocycles. The molecule has 0 atom stereocenters. The molecule has 0 aliphatic heterocycles. The quantitative estimate of drug-likeness (QED) is 0.786. The normalized spacial score (nSPS) is 10.9. The fourth-order valence-corrected chi connectivity index (χ4v) is 2.45. The van der Waals surface area contributed by atoms with Crippen molar-refractivity contribution in [2.24, 2.45) is 0 Å². The van der Waals surface area contributed by atoms with Crippen LogP contribution in [0, 0.1) is 6.92 Å². The van der Waals surface area contributed by atoms with Crippen LogP contribution < -0.4 is 5.32 Å². The first-order chi connectivity index (χ1) is 11.2. The van der Waals surface area contributed by atoms with Crippen molar-refractivity contribution in [2.45, 2.75) is 33.1 Å². The molecule has 0 unspecified atom stereocenters. The summed E-state index contributed by atoms with van der Waals surface area (Å²) >= 11 is 0. The minimum atomic E-state index is -0.160. The molecule has 23 heavy (non-hydrogen) atoms. The largest absolute Gasteiger partial charge is 0.306 e. The molecule has 0 aliphatic rings. The average molecular weight is 309 g/mol. The first-order valence-electron chi connectivity index (χ1n) is 7.75. The number of unbranched alkanes of at least 4 members (excludes halogenated alkanes) is 1. The molecule has 1 aromatic carbocycles. The van der Waals surface area contributed by atoms with E-state index in [-0.39, 0.29) is 5.91 Å². The molecular formula is C17H19N5O. The van der Waals surface area contributed by atoms with Gasteiger partial charge in [-0.05, 0) is 31.4 Å². The molecule has 0 saturated carbocycles. The second kappa shape index (κ2) is 6.56. The van der Waals surface area contributed by atoms with Crippen LogP contribution in [0.2, 0.25) is 0 Å². The summed E-state index contributed by atoms with van der Waals surface area (Å²) in [5.41, 5.74) is 2.49. The first-order valence-corrected chi connectivity index (χ1v) is 7.75. The topological polar surface area (TPSA) is 72.2 Å². The van der Waals surface area contributed by atoms with E-state index in [0.717, 1.165) is 30.5 Å². The van der Waals surface area contributed by atoms with E-state index in [1.54, 1.807) is 4.52 Å². The van der Waals surface area contributed by atoms with Crippen molar-refractivity contribution < 1.29 is 4.79 Å². The Hall–Kier alpha value is -2.76. The number of benzene rings is 1. The lowest BCUT2D eigenvalue weighted by Crippen LogP contribution is -2.16. The fourth-order valence-electron chi connectivity index (χ4n) is 2.45. The minimum Gasteiger partial charge on any atom is -0.306 e. The Morgan fingerprint density at radius 3 is 2.91 bits per heavy atom. The number of fused-ring (bicyclic) bond motifs is 1. The summed E-state index contributed by atoms with van der Waals surface area (Å²) in [5, 5.41) is 7.06. The molecular weight excluding hydrogens is 290 g/mol. The zero-order chi connectivity index (χ0) is 16.2. The number of aryl methyl sites for hydroxylation is 2. The summed E-state index contributed by atoms with van der Waals surface area (Å²) in [5.74, 6) is 0.929. The van der Waals surface area contributed by atoms with Crippen LogP contribution in [0.25, 0.3) is 5.78 Å². The molecule has 3 aromatic rings. The van der Waals surface area contributed by atoms with Gasteiger partial charge in [0.15, 0.2) is 0 Å². The second-order valence-corrected chi connectivity index (χ2v) is 5.48. The van der Waals surface area contributed by atoms with Gasteiger partial charge in [0.05, 0.1) is 0 Å². The smallest absolute Gasteiger partial charge is 0.257 e. The van der Waals surface area contributed by atoms with Crippen molar-refractivity contribution in [3.8, 4) is 0 Å². The third kappa shape index (κ3) is 3.21. The van der Waals surface area contributed by atoms with E-state index < -0.39 is 0 Å². The molecule has 6 heteroatoms. The van der Waals surface area contributed by atoms with Crippen LogP contribution in [0.15, 0.2) is 36.7 Å². The predicted molar refractivity (Wildman–Crippen MR) is 88.5 cm³/mol. The Morgan fingerprint density at radius 2 is 2.13 bits per heavy atom. The second-order valence-electron chi connectivity index (χ2n) is 5.48. The highest BCUT2D eigenvalue weighted by atomic mass is 16.1. The Kier molecular flexibility index (Phi) is 4.32. The van der Waals surface area contributed by atoms with Gasteiger partial charge in [-0.2, -0.15) is 14.6 Å². The van der Waals surface area contributed by atoms with Crippen molar-refractivity contribution in [3.05, 3.63) is 53.5 Å². The van der Waals surface area contributed by atoms with Gasteiger partial charge in [-0.25, -0.2) is 4.98 Å². The highest BCUT2D eigenvalue weighted by Crippen LogP contribution is 2.15. The van der Waals surface area contributed by atoms with Gasteiger partial charge in [0.2, 0.25) is 0 Å². The number of carbonyl (C=O) groups is 1. The summed E-state index contributed by atoms with van der Waals surface area (Å²) in [6.07, 6.45) is 4.43. The van der Waals surface area contributed by atoms with E-state index in [0.29, 0.717) is 17.2 Å². The Bertz CT molecular complexity index is 840. The number of aromatic nitrogens is 4. The molecule has 0 saturated heterocycles. The van der Waals surface area contributed by atoms with Crippen molar-refractivity contribution >= 4 is 17.5 Å². The van der Waals surface area contributed by atoms with Crippen LogP contribution in [-0.2, 0) is 6.42 Å². The van der Waals surface area contributed by atoms with Gasteiger partial charge in [-0.1, -0.05) is 31.5 Å². The molecule has 1 N–H and O–H groups in total. The summed E-state index contributed by atoms with van der Waals surface area (Å²) < 4.78 is 1.55. The third-order valence-electron chi connectivity index (χ3n) is 3.72. The van der Waals surface area contributed by atoms with Crippen molar-refractivity contribution in [1.29, 1.82) is 0 Å². The van der Waals surface area contributed by atoms with E-state index in [1.807, 2.05) is 37.3 Å². The van der Waals surface area contributed by atoms with Crippen LogP contribution in [0.1, 0.15) is 41.4 Å². The van der Waals surface area contributed by atoms with Crippen LogP contribution in [0.3, 0.4) is 0 Å². The lowest BCUT2D eigenvalue weighted by atomic mass is 10.1. The summed E-state index contributed by atoms with van der Waals surface area (Å²) in [6, 6.07) is 9.36. The van der Waals surface area contributed by atoms with E-state index in [4.69, 9.17) is 0 Å². The zero-order valence-electron chi connectivity index (χ0n) is 13.3. The standard InChI is InChI=1S/C17H19N5O/c1-3-4-8-13-10-15(22-17(20-13)18-11-19-22)21-16(23)14-9-6-5-7-12(14)2/h5-7,9-11H,3-4,8H2,1-2H3,(H,21,23). The molecule has 6 nitrogen and oxygen atoms in total. The predicted octanol–water partition coefficient (Wildman–Crippen LogP) is 3.03. The van der Waals surface area contributed by atoms with Gasteiger partial charge in [0.1, 0.15) is 12.1 Å². The summed E-state index contributed by atoms with van der Waals surface area (Å²) in [4.78, 5) is 21.1. The molecule has 118 valence electrons. The van der Waals surface area contributed by atoms with Gasteiger partial charge < -0.3 is 5.32 Å². The molecule has 3 rings (SSSR count). The van der Waals surface area contributed by atoms with Crippen molar-refractivity contribution in [3.63, 3.8) is 0 Å². The number of nitrogens with zero attached hydrogens (tertiary/aromatic N) is 4. The van der Waals surface area contributed by atoms with Crippen LogP contribution in [-0.4, -0.2) is 25.5 Å². The lowest BCUT2D eigenvalue weighted by Gasteiger charge is -2.10. The monoisotopic (exact) mass is 309 g/mol. The molecule has 0 spiro atoms. The number of carbonyl (C=O) groups excluding carboxylic acids is 1. The SMILES string of the molecule is CCCCc1cc(NC(=O)c2ccccc2C)n2ncnc2n1. The zero-order valence-corrected chi connectivity index (χ0v) is 13.3. The van der Waals surface area contributed by atoms with Gasteiger partial charge in [-0.3, -0.25) is 4.79 Å². The van der Waals surface area contributed by atoms with E-state index in [2.05, 4.69) is 27.3 Å². The minimum absolute atomic E-state index is 0.160. The Morgan fingerprint density at radius 1 is 1.30 bits per heavy atom. The van der Waals surface area contributed by atoms with Crippen molar-refractivity contribution in [1.82, 2.24) is 19.6 Å². The van der Waals surface area contributed by atoms with Gasteiger partial charge in [-0.15, -0.1) is 0 Å². The van der Waals surface area contributed by atoms with Gasteiger partial charge in [0.25, 0.3) is 11.7 Å². The summed E-state index contributed by atoms with van der Waals surface area (Å²) in [7, 11) is 0. The number of rotatable bonds is 5. The number of hydrogen-bond donors (Lipinski definition) is 1. The number of nitrogens with one attached hydrogen (secondary N) is 1. The van der Waals surface area contributed by atoms with E-state index in [1.165, 1.54) is 6.33 Å². The highest BCUT2D eigenvalue weighted by Gasteiger charge is 2.13. The Labute approximate surface area is 134 Å². The summed E-state index contributed by atoms with van der Waals surface area (Å²) in [6.45, 7) is 4.05. The van der Waals surface area contributed by atoms with E-state index in [9.17, 15) is 4.79 Å². The van der Waals surface area contributed by atoms with Gasteiger partial charge in [0, 0.05) is 17.3 Å². The van der Waals surface area contributed by atoms with Crippen molar-refractivity contribution in [2.75, 3.05) is 5.32 Å². The number of amides is 1. The van der Waals surface area contributed by atoms with Gasteiger partial charge >= 0.3 is 0 Å². The third-order valence-corrected chi connectivity index (χ3v) is 3.72. The molecule has 2 aromatic heterocycles.